The third-order valence-corrected chi connectivity index (χ3v) is 5.10. The standard InChI is InChI=1S/C23H19NO8/c1-28-17-8-4-14(5-9-17)23(15-6-10-18(29-2)11-7-15)31-20-13-16(24(26)27)12-19(21(20)32-23)22(25)30-3/h4-13H,1-3H3. The number of methoxy groups -OCH3 is 3. The summed E-state index contributed by atoms with van der Waals surface area (Å²) in [5.41, 5.74) is 0.727. The lowest BCUT2D eigenvalue weighted by molar-refractivity contribution is -0.385. The molecule has 1 aliphatic heterocycles. The van der Waals surface area contributed by atoms with Crippen molar-refractivity contribution in [1.29, 1.82) is 0 Å². The van der Waals surface area contributed by atoms with Gasteiger partial charge in [-0.15, -0.1) is 0 Å². The molecular weight excluding hydrogens is 418 g/mol. The van der Waals surface area contributed by atoms with Gasteiger partial charge in [-0.3, -0.25) is 10.1 Å². The Morgan fingerprint density at radius 1 is 0.875 bits per heavy atom. The molecule has 3 aromatic carbocycles. The lowest BCUT2D eigenvalue weighted by atomic mass is 9.97. The lowest BCUT2D eigenvalue weighted by Gasteiger charge is -2.29. The maximum atomic E-state index is 12.4. The predicted octanol–water partition coefficient (Wildman–Crippen LogP) is 4.07. The van der Waals surface area contributed by atoms with Crippen molar-refractivity contribution in [3.8, 4) is 23.0 Å². The molecule has 0 fully saturated rings. The van der Waals surface area contributed by atoms with Crippen molar-refractivity contribution in [1.82, 2.24) is 0 Å². The molecule has 9 nitrogen and oxygen atoms in total. The number of esters is 1. The summed E-state index contributed by atoms with van der Waals surface area (Å²) in [4.78, 5) is 23.2. The van der Waals surface area contributed by atoms with E-state index < -0.39 is 16.7 Å². The minimum atomic E-state index is -1.52. The van der Waals surface area contributed by atoms with Crippen LogP contribution in [0.2, 0.25) is 0 Å². The SMILES string of the molecule is COC(=O)c1cc([N+](=O)[O-])cc2c1OC(c1ccc(OC)cc1)(c1ccc(OC)cc1)O2. The zero-order valence-electron chi connectivity index (χ0n) is 17.5. The molecule has 0 amide bonds. The van der Waals surface area contributed by atoms with Crippen LogP contribution in [0.25, 0.3) is 0 Å². The van der Waals surface area contributed by atoms with Crippen LogP contribution in [0.1, 0.15) is 21.5 Å². The van der Waals surface area contributed by atoms with Gasteiger partial charge in [0.15, 0.2) is 11.5 Å². The average Bonchev–Trinajstić information content (AvgIpc) is 3.23. The summed E-state index contributed by atoms with van der Waals surface area (Å²) in [7, 11) is 4.28. The highest BCUT2D eigenvalue weighted by Crippen LogP contribution is 2.51. The number of nitro benzene ring substituents is 1. The van der Waals surface area contributed by atoms with Gasteiger partial charge in [-0.05, 0) is 48.5 Å². The summed E-state index contributed by atoms with van der Waals surface area (Å²) in [6.45, 7) is 0. The van der Waals surface area contributed by atoms with Gasteiger partial charge in [0.25, 0.3) is 5.69 Å². The fraction of sp³-hybridized carbons (Fsp3) is 0.174. The number of hydrogen-bond acceptors (Lipinski definition) is 8. The zero-order valence-corrected chi connectivity index (χ0v) is 17.5. The van der Waals surface area contributed by atoms with E-state index in [1.807, 2.05) is 0 Å². The van der Waals surface area contributed by atoms with Gasteiger partial charge in [0.05, 0.1) is 32.3 Å². The Morgan fingerprint density at radius 2 is 1.41 bits per heavy atom. The number of rotatable bonds is 6. The fourth-order valence-electron chi connectivity index (χ4n) is 3.48. The van der Waals surface area contributed by atoms with Gasteiger partial charge in [-0.1, -0.05) is 0 Å². The van der Waals surface area contributed by atoms with Crippen molar-refractivity contribution >= 4 is 11.7 Å². The molecular formula is C23H19NO8. The Morgan fingerprint density at radius 3 is 1.84 bits per heavy atom. The van der Waals surface area contributed by atoms with Crippen molar-refractivity contribution in [2.45, 2.75) is 5.79 Å². The van der Waals surface area contributed by atoms with E-state index in [9.17, 15) is 14.9 Å². The second kappa shape index (κ2) is 8.10. The van der Waals surface area contributed by atoms with E-state index in [0.29, 0.717) is 22.6 Å². The number of nitrogens with zero attached hydrogens (tertiary/aromatic N) is 1. The van der Waals surface area contributed by atoms with Crippen LogP contribution in [-0.4, -0.2) is 32.2 Å². The van der Waals surface area contributed by atoms with E-state index in [1.54, 1.807) is 62.8 Å². The van der Waals surface area contributed by atoms with E-state index in [1.165, 1.54) is 13.2 Å². The molecule has 4 rings (SSSR count). The highest BCUT2D eigenvalue weighted by molar-refractivity contribution is 5.94. The molecule has 0 radical (unpaired) electrons. The third-order valence-electron chi connectivity index (χ3n) is 5.10. The summed E-state index contributed by atoms with van der Waals surface area (Å²) in [5, 5.41) is 11.4. The van der Waals surface area contributed by atoms with Gasteiger partial charge < -0.3 is 23.7 Å². The second-order valence-electron chi connectivity index (χ2n) is 6.85. The van der Waals surface area contributed by atoms with E-state index in [4.69, 9.17) is 23.7 Å². The monoisotopic (exact) mass is 437 g/mol. The van der Waals surface area contributed by atoms with E-state index in [2.05, 4.69) is 0 Å². The van der Waals surface area contributed by atoms with Gasteiger partial charge in [0, 0.05) is 17.2 Å². The van der Waals surface area contributed by atoms with Crippen molar-refractivity contribution in [2.24, 2.45) is 0 Å². The highest BCUT2D eigenvalue weighted by atomic mass is 16.7. The van der Waals surface area contributed by atoms with Crippen molar-refractivity contribution < 1.29 is 33.4 Å². The zero-order chi connectivity index (χ0) is 22.9. The topological polar surface area (TPSA) is 106 Å². The summed E-state index contributed by atoms with van der Waals surface area (Å²) in [5.74, 6) is -0.951. The Bertz CT molecular complexity index is 1120. The molecule has 9 heteroatoms. The quantitative estimate of drug-likeness (QED) is 0.323. The number of carbonyl (C=O) groups is 1. The molecule has 0 aliphatic carbocycles. The maximum Gasteiger partial charge on any atom is 0.342 e. The summed E-state index contributed by atoms with van der Waals surface area (Å²) in [6.07, 6.45) is 0. The molecule has 164 valence electrons. The molecule has 1 aliphatic rings. The molecule has 0 spiro atoms. The molecule has 0 aromatic heterocycles. The minimum absolute atomic E-state index is 0.0474. The maximum absolute atomic E-state index is 12.4. The van der Waals surface area contributed by atoms with Crippen LogP contribution in [-0.2, 0) is 10.5 Å². The van der Waals surface area contributed by atoms with Crippen molar-refractivity contribution in [2.75, 3.05) is 21.3 Å². The summed E-state index contributed by atoms with van der Waals surface area (Å²) < 4.78 is 27.8. The molecule has 0 saturated heterocycles. The molecule has 0 N–H and O–H groups in total. The van der Waals surface area contributed by atoms with E-state index in [-0.39, 0.29) is 22.7 Å². The molecule has 0 atom stereocenters. The normalized spacial score (nSPS) is 13.3. The molecule has 0 saturated carbocycles. The number of benzene rings is 3. The summed E-state index contributed by atoms with van der Waals surface area (Å²) >= 11 is 0. The van der Waals surface area contributed by atoms with Crippen LogP contribution in [0.5, 0.6) is 23.0 Å². The Hall–Kier alpha value is -4.27. The Kier molecular flexibility index (Phi) is 5.31. The van der Waals surface area contributed by atoms with Crippen LogP contribution in [0.3, 0.4) is 0 Å². The Balaban J connectivity index is 1.91. The number of ether oxygens (including phenoxy) is 5. The van der Waals surface area contributed by atoms with Gasteiger partial charge in [-0.25, -0.2) is 4.79 Å². The van der Waals surface area contributed by atoms with Crippen LogP contribution in [0.15, 0.2) is 60.7 Å². The van der Waals surface area contributed by atoms with Gasteiger partial charge in [0.2, 0.25) is 0 Å². The predicted molar refractivity (Wildman–Crippen MR) is 112 cm³/mol. The van der Waals surface area contributed by atoms with Crippen LogP contribution in [0, 0.1) is 10.1 Å². The first-order valence-corrected chi connectivity index (χ1v) is 9.49. The molecule has 3 aromatic rings. The number of non-ortho nitro benzene ring substituents is 1. The Labute approximate surface area is 183 Å². The van der Waals surface area contributed by atoms with Gasteiger partial charge >= 0.3 is 11.8 Å². The molecule has 1 heterocycles. The fourth-order valence-corrected chi connectivity index (χ4v) is 3.48. The smallest absolute Gasteiger partial charge is 0.342 e. The van der Waals surface area contributed by atoms with Crippen LogP contribution >= 0.6 is 0 Å². The van der Waals surface area contributed by atoms with Crippen molar-refractivity contribution in [3.05, 3.63) is 87.5 Å². The van der Waals surface area contributed by atoms with E-state index >= 15 is 0 Å². The third kappa shape index (κ3) is 3.43. The number of fused-ring (bicyclic) bond motifs is 1. The average molecular weight is 437 g/mol. The van der Waals surface area contributed by atoms with Crippen LogP contribution < -0.4 is 18.9 Å². The molecule has 32 heavy (non-hydrogen) atoms. The first kappa shape index (κ1) is 21.0. The minimum Gasteiger partial charge on any atom is -0.497 e. The highest BCUT2D eigenvalue weighted by Gasteiger charge is 2.48. The van der Waals surface area contributed by atoms with Gasteiger partial charge in [-0.2, -0.15) is 0 Å². The molecule has 0 unspecified atom stereocenters. The largest absolute Gasteiger partial charge is 0.497 e. The van der Waals surface area contributed by atoms with Crippen molar-refractivity contribution in [3.63, 3.8) is 0 Å². The molecule has 0 bridgehead atoms. The summed E-state index contributed by atoms with van der Waals surface area (Å²) in [6, 6.07) is 16.3. The number of nitro groups is 1. The van der Waals surface area contributed by atoms with E-state index in [0.717, 1.165) is 6.07 Å². The number of carbonyl (C=O) groups excluding carboxylic acids is 1. The van der Waals surface area contributed by atoms with Crippen LogP contribution in [0.4, 0.5) is 5.69 Å². The lowest BCUT2D eigenvalue weighted by Crippen LogP contribution is -2.37. The first-order chi connectivity index (χ1) is 15.4. The van der Waals surface area contributed by atoms with Gasteiger partial charge in [0.1, 0.15) is 17.1 Å². The second-order valence-corrected chi connectivity index (χ2v) is 6.85. The first-order valence-electron chi connectivity index (χ1n) is 9.49. The number of hydrogen-bond donors (Lipinski definition) is 0.